The van der Waals surface area contributed by atoms with Crippen molar-refractivity contribution in [1.82, 2.24) is 0 Å². The van der Waals surface area contributed by atoms with Crippen molar-refractivity contribution in [2.75, 3.05) is 6.61 Å². The smallest absolute Gasteiger partial charge is 0.392 e. The summed E-state index contributed by atoms with van der Waals surface area (Å²) in [5.41, 5.74) is 6.55. The molecule has 0 aliphatic heterocycles. The summed E-state index contributed by atoms with van der Waals surface area (Å²) in [5, 5.41) is 0. The lowest BCUT2D eigenvalue weighted by molar-refractivity contribution is -0.139. The van der Waals surface area contributed by atoms with Gasteiger partial charge in [-0.1, -0.05) is 12.1 Å². The van der Waals surface area contributed by atoms with Crippen LogP contribution in [0.25, 0.3) is 0 Å². The largest absolute Gasteiger partial charge is 0.493 e. The van der Waals surface area contributed by atoms with Gasteiger partial charge in [0.2, 0.25) is 0 Å². The lowest BCUT2D eigenvalue weighted by Gasteiger charge is -2.10. The Morgan fingerprint density at radius 2 is 1.81 bits per heavy atom. The Balaban J connectivity index is 2.44. The van der Waals surface area contributed by atoms with Crippen LogP contribution in [0, 0.1) is 0 Å². The van der Waals surface area contributed by atoms with E-state index in [0.29, 0.717) is 5.75 Å². The topological polar surface area (TPSA) is 35.2 Å². The van der Waals surface area contributed by atoms with E-state index in [0.717, 1.165) is 5.56 Å². The maximum atomic E-state index is 11.8. The highest BCUT2D eigenvalue weighted by Crippen LogP contribution is 2.21. The lowest BCUT2D eigenvalue weighted by atomic mass is 10.1. The van der Waals surface area contributed by atoms with Crippen LogP contribution in [0.4, 0.5) is 13.2 Å². The Hall–Kier alpha value is -1.23. The second-order valence-corrected chi connectivity index (χ2v) is 3.57. The summed E-state index contributed by atoms with van der Waals surface area (Å²) in [5.74, 6) is 0.425. The average Bonchev–Trinajstić information content (AvgIpc) is 2.16. The third kappa shape index (κ3) is 4.53. The summed E-state index contributed by atoms with van der Waals surface area (Å²) in [4.78, 5) is 0. The van der Waals surface area contributed by atoms with E-state index in [9.17, 15) is 13.2 Å². The van der Waals surface area contributed by atoms with Crippen molar-refractivity contribution < 1.29 is 17.9 Å². The van der Waals surface area contributed by atoms with Crippen molar-refractivity contribution in [2.24, 2.45) is 5.73 Å². The second-order valence-electron chi connectivity index (χ2n) is 3.57. The molecular weight excluding hydrogens is 219 g/mol. The monoisotopic (exact) mass is 233 g/mol. The van der Waals surface area contributed by atoms with E-state index in [1.165, 1.54) is 0 Å². The molecule has 2 nitrogen and oxygen atoms in total. The van der Waals surface area contributed by atoms with Crippen LogP contribution in [-0.2, 0) is 0 Å². The number of halogens is 3. The van der Waals surface area contributed by atoms with E-state index in [1.807, 2.05) is 6.92 Å². The van der Waals surface area contributed by atoms with Crippen molar-refractivity contribution >= 4 is 0 Å². The van der Waals surface area contributed by atoms with Crippen molar-refractivity contribution in [3.8, 4) is 5.75 Å². The van der Waals surface area contributed by atoms with E-state index < -0.39 is 12.6 Å². The fourth-order valence-corrected chi connectivity index (χ4v) is 1.15. The Morgan fingerprint density at radius 3 is 2.25 bits per heavy atom. The fourth-order valence-electron chi connectivity index (χ4n) is 1.15. The normalized spacial score (nSPS) is 13.6. The predicted molar refractivity (Wildman–Crippen MR) is 55.2 cm³/mol. The minimum Gasteiger partial charge on any atom is -0.493 e. The summed E-state index contributed by atoms with van der Waals surface area (Å²) in [7, 11) is 0. The standard InChI is InChI=1S/C11H14F3NO/c1-8(15)9-2-4-10(5-3-9)16-7-6-11(12,13)14/h2-5,8H,6-7,15H2,1H3/t8-/m0/s1. The Kier molecular flexibility index (Phi) is 4.18. The molecule has 1 atom stereocenters. The molecular formula is C11H14F3NO. The molecule has 0 amide bonds. The van der Waals surface area contributed by atoms with Crippen molar-refractivity contribution in [3.63, 3.8) is 0 Å². The van der Waals surface area contributed by atoms with Crippen LogP contribution in [0.3, 0.4) is 0 Å². The van der Waals surface area contributed by atoms with Gasteiger partial charge in [0.05, 0.1) is 13.0 Å². The lowest BCUT2D eigenvalue weighted by Crippen LogP contribution is -2.13. The Morgan fingerprint density at radius 1 is 1.25 bits per heavy atom. The van der Waals surface area contributed by atoms with Crippen LogP contribution in [0.1, 0.15) is 24.9 Å². The number of hydrogen-bond acceptors (Lipinski definition) is 2. The number of nitrogens with two attached hydrogens (primary N) is 1. The fraction of sp³-hybridized carbons (Fsp3) is 0.455. The van der Waals surface area contributed by atoms with E-state index in [1.54, 1.807) is 24.3 Å². The van der Waals surface area contributed by atoms with Crippen molar-refractivity contribution in [1.29, 1.82) is 0 Å². The van der Waals surface area contributed by atoms with Crippen LogP contribution >= 0.6 is 0 Å². The SMILES string of the molecule is C[C@H](N)c1ccc(OCCC(F)(F)F)cc1. The zero-order valence-electron chi connectivity index (χ0n) is 8.92. The van der Waals surface area contributed by atoms with Gasteiger partial charge in [0, 0.05) is 6.04 Å². The van der Waals surface area contributed by atoms with Crippen LogP contribution in [0.15, 0.2) is 24.3 Å². The minimum absolute atomic E-state index is 0.0933. The first-order valence-corrected chi connectivity index (χ1v) is 4.93. The number of rotatable bonds is 4. The summed E-state index contributed by atoms with van der Waals surface area (Å²) >= 11 is 0. The molecule has 0 aliphatic carbocycles. The van der Waals surface area contributed by atoms with Gasteiger partial charge >= 0.3 is 6.18 Å². The number of benzene rings is 1. The number of ether oxygens (including phenoxy) is 1. The number of alkyl halides is 3. The number of hydrogen-bond donors (Lipinski definition) is 1. The predicted octanol–water partition coefficient (Wildman–Crippen LogP) is 3.04. The first-order chi connectivity index (χ1) is 7.38. The molecule has 5 heteroatoms. The first-order valence-electron chi connectivity index (χ1n) is 4.93. The van der Waals surface area contributed by atoms with Gasteiger partial charge in [-0.2, -0.15) is 13.2 Å². The molecule has 0 aromatic heterocycles. The molecule has 0 radical (unpaired) electrons. The van der Waals surface area contributed by atoms with Gasteiger partial charge < -0.3 is 10.5 Å². The van der Waals surface area contributed by atoms with Gasteiger partial charge in [-0.3, -0.25) is 0 Å². The van der Waals surface area contributed by atoms with Gasteiger partial charge in [0.1, 0.15) is 5.75 Å². The molecule has 0 aliphatic rings. The molecule has 0 saturated carbocycles. The maximum Gasteiger partial charge on any atom is 0.392 e. The maximum absolute atomic E-state index is 11.8. The molecule has 2 N–H and O–H groups in total. The summed E-state index contributed by atoms with van der Waals surface area (Å²) in [6.07, 6.45) is -5.12. The van der Waals surface area contributed by atoms with Gasteiger partial charge in [-0.25, -0.2) is 0 Å². The molecule has 16 heavy (non-hydrogen) atoms. The molecule has 0 heterocycles. The van der Waals surface area contributed by atoms with E-state index in [-0.39, 0.29) is 12.6 Å². The van der Waals surface area contributed by atoms with E-state index in [2.05, 4.69) is 0 Å². The highest BCUT2D eigenvalue weighted by atomic mass is 19.4. The quantitative estimate of drug-likeness (QED) is 0.867. The summed E-state index contributed by atoms with van der Waals surface area (Å²) < 4.78 is 40.5. The highest BCUT2D eigenvalue weighted by Gasteiger charge is 2.26. The van der Waals surface area contributed by atoms with Crippen LogP contribution in [0.5, 0.6) is 5.75 Å². The summed E-state index contributed by atoms with van der Waals surface area (Å²) in [6, 6.07) is 6.63. The van der Waals surface area contributed by atoms with Crippen molar-refractivity contribution in [2.45, 2.75) is 25.6 Å². The van der Waals surface area contributed by atoms with Crippen LogP contribution < -0.4 is 10.5 Å². The molecule has 0 saturated heterocycles. The highest BCUT2D eigenvalue weighted by molar-refractivity contribution is 5.28. The van der Waals surface area contributed by atoms with Crippen molar-refractivity contribution in [3.05, 3.63) is 29.8 Å². The first kappa shape index (κ1) is 12.8. The minimum atomic E-state index is -4.17. The van der Waals surface area contributed by atoms with Crippen LogP contribution in [-0.4, -0.2) is 12.8 Å². The zero-order chi connectivity index (χ0) is 12.2. The molecule has 0 spiro atoms. The molecule has 0 unspecified atom stereocenters. The van der Waals surface area contributed by atoms with Gasteiger partial charge in [-0.15, -0.1) is 0 Å². The van der Waals surface area contributed by atoms with Gasteiger partial charge in [0.25, 0.3) is 0 Å². The zero-order valence-corrected chi connectivity index (χ0v) is 8.92. The Bertz CT molecular complexity index is 319. The molecule has 1 aromatic carbocycles. The Labute approximate surface area is 92.2 Å². The third-order valence-corrected chi connectivity index (χ3v) is 2.06. The van der Waals surface area contributed by atoms with Gasteiger partial charge in [-0.05, 0) is 24.6 Å². The van der Waals surface area contributed by atoms with Crippen LogP contribution in [0.2, 0.25) is 0 Å². The molecule has 90 valence electrons. The average molecular weight is 233 g/mol. The summed E-state index contributed by atoms with van der Waals surface area (Å²) in [6.45, 7) is 1.47. The second kappa shape index (κ2) is 5.21. The molecule has 1 rings (SSSR count). The molecule has 0 fully saturated rings. The van der Waals surface area contributed by atoms with E-state index >= 15 is 0 Å². The van der Waals surface area contributed by atoms with E-state index in [4.69, 9.17) is 10.5 Å². The molecule has 0 bridgehead atoms. The molecule has 1 aromatic rings. The van der Waals surface area contributed by atoms with Gasteiger partial charge in [0.15, 0.2) is 0 Å². The third-order valence-electron chi connectivity index (χ3n) is 2.06.